The zero-order chi connectivity index (χ0) is 24.2. The number of anilines is 1. The van der Waals surface area contributed by atoms with Crippen LogP contribution in [0.15, 0.2) is 51.2 Å². The Hall–Kier alpha value is -2.71. The number of benzene rings is 1. The van der Waals surface area contributed by atoms with Crippen molar-refractivity contribution in [3.63, 3.8) is 0 Å². The lowest BCUT2D eigenvalue weighted by Gasteiger charge is -2.34. The van der Waals surface area contributed by atoms with Gasteiger partial charge in [-0.2, -0.15) is 22.8 Å². The second-order valence-corrected chi connectivity index (χ2v) is 11.6. The van der Waals surface area contributed by atoms with Gasteiger partial charge in [0.25, 0.3) is 0 Å². The van der Waals surface area contributed by atoms with Crippen molar-refractivity contribution in [1.82, 2.24) is 19.5 Å². The second-order valence-electron chi connectivity index (χ2n) is 7.75. The fourth-order valence-electron chi connectivity index (χ4n) is 3.56. The summed E-state index contributed by atoms with van der Waals surface area (Å²) in [5.41, 5.74) is -2.03. The molecule has 0 radical (unpaired) electrons. The molecular weight excluding hydrogens is 483 g/mol. The van der Waals surface area contributed by atoms with E-state index in [9.17, 15) is 30.0 Å². The summed E-state index contributed by atoms with van der Waals surface area (Å²) >= 11 is 0. The summed E-state index contributed by atoms with van der Waals surface area (Å²) in [6.07, 6.45) is -4.15. The number of fused-ring (bicyclic) bond motifs is 1. The average molecular weight is 504 g/mol. The van der Waals surface area contributed by atoms with Crippen LogP contribution in [0.1, 0.15) is 5.69 Å². The molecule has 4 rings (SSSR count). The average Bonchev–Trinajstić information content (AvgIpc) is 3.15. The Bertz CT molecular complexity index is 1410. The van der Waals surface area contributed by atoms with Gasteiger partial charge in [0, 0.05) is 38.5 Å². The molecule has 1 saturated heterocycles. The maximum absolute atomic E-state index is 13.7. The molecule has 178 valence electrons. The van der Waals surface area contributed by atoms with Gasteiger partial charge in [0.1, 0.15) is 5.82 Å². The highest BCUT2D eigenvalue weighted by Crippen LogP contribution is 2.36. The molecule has 33 heavy (non-hydrogen) atoms. The fourth-order valence-corrected chi connectivity index (χ4v) is 6.40. The molecule has 0 atom stereocenters. The molecule has 1 aromatic carbocycles. The molecule has 14 heteroatoms. The normalized spacial score (nSPS) is 16.5. The predicted octanol–water partition coefficient (Wildman–Crippen LogP) is 1.74. The molecule has 0 saturated carbocycles. The summed E-state index contributed by atoms with van der Waals surface area (Å²) in [4.78, 5) is 5.95. The quantitative estimate of drug-likeness (QED) is 0.530. The molecule has 3 heterocycles. The summed E-state index contributed by atoms with van der Waals surface area (Å²) in [6, 6.07) is 7.60. The Balaban J connectivity index is 2.10. The van der Waals surface area contributed by atoms with Crippen molar-refractivity contribution in [2.24, 2.45) is 0 Å². The minimum absolute atomic E-state index is 0.0835. The molecule has 1 aliphatic heterocycles. The van der Waals surface area contributed by atoms with Gasteiger partial charge in [-0.15, -0.1) is 0 Å². The van der Waals surface area contributed by atoms with Crippen molar-refractivity contribution in [2.75, 3.05) is 44.4 Å². The highest BCUT2D eigenvalue weighted by Gasteiger charge is 2.39. The molecule has 9 nitrogen and oxygen atoms in total. The van der Waals surface area contributed by atoms with E-state index in [1.807, 2.05) is 11.9 Å². The molecule has 3 aromatic rings. The number of likely N-dealkylation sites (N-methyl/N-ethyl adjacent to an activating group) is 1. The molecular formula is C19H20F3N5O4S2. The first kappa shape index (κ1) is 23.4. The van der Waals surface area contributed by atoms with Crippen LogP contribution in [0.5, 0.6) is 0 Å². The van der Waals surface area contributed by atoms with Crippen molar-refractivity contribution in [3.05, 3.63) is 42.1 Å². The van der Waals surface area contributed by atoms with E-state index < -0.39 is 47.1 Å². The van der Waals surface area contributed by atoms with E-state index in [1.54, 1.807) is 11.0 Å². The zero-order valence-electron chi connectivity index (χ0n) is 17.6. The Morgan fingerprint density at radius 2 is 1.58 bits per heavy atom. The van der Waals surface area contributed by atoms with Crippen molar-refractivity contribution < 1.29 is 30.0 Å². The molecule has 1 aliphatic rings. The monoisotopic (exact) mass is 503 g/mol. The van der Waals surface area contributed by atoms with E-state index in [-0.39, 0.29) is 10.7 Å². The van der Waals surface area contributed by atoms with Gasteiger partial charge in [-0.25, -0.2) is 21.8 Å². The standard InChI is InChI=1S/C19H20F3N5O4S2/c1-25-8-10-26(11-9-25)15-12-14(19(20,21)22)23-17-16(18(24-27(15)17)32(2,28)29)33(30,31)13-6-4-3-5-7-13/h3-7,12H,8-11H2,1-2H3. The number of nitrogens with zero attached hydrogens (tertiary/aromatic N) is 5. The van der Waals surface area contributed by atoms with Crippen LogP contribution in [-0.4, -0.2) is 75.8 Å². The lowest BCUT2D eigenvalue weighted by molar-refractivity contribution is -0.141. The van der Waals surface area contributed by atoms with Gasteiger partial charge in [-0.1, -0.05) is 18.2 Å². The molecule has 2 aromatic heterocycles. The Labute approximate surface area is 188 Å². The van der Waals surface area contributed by atoms with Crippen molar-refractivity contribution in [3.8, 4) is 0 Å². The largest absolute Gasteiger partial charge is 0.433 e. The second kappa shape index (κ2) is 7.95. The van der Waals surface area contributed by atoms with Gasteiger partial charge in [0.2, 0.25) is 9.84 Å². The number of alkyl halides is 3. The first-order valence-electron chi connectivity index (χ1n) is 9.75. The molecule has 1 fully saturated rings. The SMILES string of the molecule is CN1CCN(c2cc(C(F)(F)F)nc3c(S(=O)(=O)c4ccccc4)c(S(C)(=O)=O)nn23)CC1. The number of rotatable bonds is 4. The number of piperazine rings is 1. The van der Waals surface area contributed by atoms with Crippen LogP contribution < -0.4 is 4.90 Å². The van der Waals surface area contributed by atoms with E-state index in [4.69, 9.17) is 0 Å². The van der Waals surface area contributed by atoms with Gasteiger partial charge in [0.15, 0.2) is 31.1 Å². The van der Waals surface area contributed by atoms with E-state index >= 15 is 0 Å². The minimum Gasteiger partial charge on any atom is -0.354 e. The molecule has 0 bridgehead atoms. The number of halogens is 3. The summed E-state index contributed by atoms with van der Waals surface area (Å²) in [7, 11) is -6.96. The third kappa shape index (κ3) is 4.29. The van der Waals surface area contributed by atoms with Crippen LogP contribution in [0.3, 0.4) is 0 Å². The molecule has 0 spiro atoms. The molecule has 0 aliphatic carbocycles. The van der Waals surface area contributed by atoms with E-state index in [0.29, 0.717) is 26.2 Å². The van der Waals surface area contributed by atoms with Crippen LogP contribution in [0, 0.1) is 0 Å². The minimum atomic E-state index is -4.90. The van der Waals surface area contributed by atoms with Gasteiger partial charge < -0.3 is 9.80 Å². The van der Waals surface area contributed by atoms with Crippen LogP contribution in [0.4, 0.5) is 19.0 Å². The molecule has 0 amide bonds. The van der Waals surface area contributed by atoms with Gasteiger partial charge in [-0.3, -0.25) is 0 Å². The third-order valence-corrected chi connectivity index (χ3v) is 8.21. The highest BCUT2D eigenvalue weighted by atomic mass is 32.2. The lowest BCUT2D eigenvalue weighted by atomic mass is 10.3. The topological polar surface area (TPSA) is 105 Å². The van der Waals surface area contributed by atoms with Crippen molar-refractivity contribution >= 4 is 31.1 Å². The number of hydrogen-bond donors (Lipinski definition) is 0. The summed E-state index contributed by atoms with van der Waals surface area (Å²) in [6.45, 7) is 1.75. The van der Waals surface area contributed by atoms with E-state index in [0.717, 1.165) is 16.8 Å². The van der Waals surface area contributed by atoms with Crippen molar-refractivity contribution in [1.29, 1.82) is 0 Å². The number of aromatic nitrogens is 3. The Morgan fingerprint density at radius 1 is 0.970 bits per heavy atom. The van der Waals surface area contributed by atoms with Crippen molar-refractivity contribution in [2.45, 2.75) is 21.0 Å². The van der Waals surface area contributed by atoms with Crippen LogP contribution in [0.25, 0.3) is 5.65 Å². The fraction of sp³-hybridized carbons (Fsp3) is 0.368. The molecule has 0 unspecified atom stereocenters. The first-order chi connectivity index (χ1) is 15.3. The van der Waals surface area contributed by atoms with Crippen LogP contribution >= 0.6 is 0 Å². The van der Waals surface area contributed by atoms with Gasteiger partial charge >= 0.3 is 6.18 Å². The molecule has 0 N–H and O–H groups in total. The smallest absolute Gasteiger partial charge is 0.354 e. The summed E-state index contributed by atoms with van der Waals surface area (Å²) < 4.78 is 93.9. The Morgan fingerprint density at radius 3 is 2.12 bits per heavy atom. The first-order valence-corrected chi connectivity index (χ1v) is 13.1. The maximum Gasteiger partial charge on any atom is 0.433 e. The van der Waals surface area contributed by atoms with E-state index in [2.05, 4.69) is 10.1 Å². The Kier molecular flexibility index (Phi) is 5.65. The summed E-state index contributed by atoms with van der Waals surface area (Å²) in [5, 5.41) is 3.10. The van der Waals surface area contributed by atoms with Gasteiger partial charge in [0.05, 0.1) is 4.90 Å². The maximum atomic E-state index is 13.7. The predicted molar refractivity (Wildman–Crippen MR) is 113 cm³/mol. The third-order valence-electron chi connectivity index (χ3n) is 5.29. The van der Waals surface area contributed by atoms with Crippen LogP contribution in [-0.2, 0) is 25.9 Å². The van der Waals surface area contributed by atoms with Crippen LogP contribution in [0.2, 0.25) is 0 Å². The number of sulfone groups is 2. The highest BCUT2D eigenvalue weighted by molar-refractivity contribution is 7.94. The van der Waals surface area contributed by atoms with E-state index in [1.165, 1.54) is 24.3 Å². The zero-order valence-corrected chi connectivity index (χ0v) is 19.2. The lowest BCUT2D eigenvalue weighted by Crippen LogP contribution is -2.45. The summed E-state index contributed by atoms with van der Waals surface area (Å²) in [5.74, 6) is -0.0835. The van der Waals surface area contributed by atoms with Gasteiger partial charge in [-0.05, 0) is 19.2 Å². The number of hydrogen-bond acceptors (Lipinski definition) is 8.